The maximum atomic E-state index is 4.41. The van der Waals surface area contributed by atoms with E-state index in [0.29, 0.717) is 18.3 Å². The van der Waals surface area contributed by atoms with E-state index in [2.05, 4.69) is 49.9 Å². The summed E-state index contributed by atoms with van der Waals surface area (Å²) in [4.78, 5) is 8.41. The summed E-state index contributed by atoms with van der Waals surface area (Å²) in [6.07, 6.45) is 6.16. The van der Waals surface area contributed by atoms with Crippen molar-refractivity contribution in [1.29, 1.82) is 0 Å². The van der Waals surface area contributed by atoms with E-state index in [1.165, 1.54) is 5.56 Å². The molecule has 0 spiro atoms. The average molecular weight is 306 g/mol. The molecule has 6 heteroatoms. The van der Waals surface area contributed by atoms with E-state index >= 15 is 0 Å². The van der Waals surface area contributed by atoms with E-state index in [1.54, 1.807) is 18.6 Å². The minimum absolute atomic E-state index is 0.467. The highest BCUT2D eigenvalue weighted by Crippen LogP contribution is 2.15. The molecule has 3 aromatic rings. The number of rotatable bonds is 6. The minimum Gasteiger partial charge on any atom is -0.365 e. The van der Waals surface area contributed by atoms with Crippen LogP contribution in [0.25, 0.3) is 0 Å². The van der Waals surface area contributed by atoms with Crippen molar-refractivity contribution in [1.82, 2.24) is 20.2 Å². The van der Waals surface area contributed by atoms with Gasteiger partial charge in [0.15, 0.2) is 5.82 Å². The number of aryl methyl sites for hydroxylation is 1. The smallest absolute Gasteiger partial charge is 0.249 e. The van der Waals surface area contributed by atoms with Crippen LogP contribution >= 0.6 is 0 Å². The van der Waals surface area contributed by atoms with Crippen molar-refractivity contribution in [3.05, 3.63) is 66.1 Å². The first-order chi connectivity index (χ1) is 11.3. The van der Waals surface area contributed by atoms with Crippen LogP contribution in [0, 0.1) is 0 Å². The second-order valence-electron chi connectivity index (χ2n) is 5.05. The molecule has 0 aliphatic rings. The molecule has 2 aromatic heterocycles. The number of nitrogens with one attached hydrogen (secondary N) is 2. The largest absolute Gasteiger partial charge is 0.365 e. The molecular formula is C17H18N6. The Kier molecular flexibility index (Phi) is 4.73. The Hall–Kier alpha value is -3.02. The first-order valence-electron chi connectivity index (χ1n) is 7.52. The van der Waals surface area contributed by atoms with Crippen LogP contribution in [0.2, 0.25) is 0 Å². The molecule has 0 amide bonds. The number of hydrogen-bond acceptors (Lipinski definition) is 6. The van der Waals surface area contributed by atoms with Gasteiger partial charge in [-0.05, 0) is 41.8 Å². The topological polar surface area (TPSA) is 75.6 Å². The van der Waals surface area contributed by atoms with E-state index in [4.69, 9.17) is 0 Å². The fraction of sp³-hybridized carbons (Fsp3) is 0.176. The normalized spacial score (nSPS) is 10.3. The van der Waals surface area contributed by atoms with Crippen LogP contribution in [-0.2, 0) is 13.0 Å². The summed E-state index contributed by atoms with van der Waals surface area (Å²) in [6, 6.07) is 12.1. The van der Waals surface area contributed by atoms with Crippen LogP contribution in [0.1, 0.15) is 18.1 Å². The van der Waals surface area contributed by atoms with Gasteiger partial charge in [-0.3, -0.25) is 4.98 Å². The fourth-order valence-corrected chi connectivity index (χ4v) is 2.09. The standard InChI is InChI=1S/C17H18N6/c1-2-13-3-5-15(6-4-13)21-17-22-16(12-20-23-17)19-11-14-7-9-18-10-8-14/h3-10,12H,2,11H2,1H3,(H2,19,21,22,23). The highest BCUT2D eigenvalue weighted by molar-refractivity contribution is 5.54. The first kappa shape index (κ1) is 14.9. The van der Waals surface area contributed by atoms with Gasteiger partial charge in [-0.25, -0.2) is 0 Å². The van der Waals surface area contributed by atoms with Gasteiger partial charge < -0.3 is 10.6 Å². The molecule has 3 rings (SSSR count). The maximum Gasteiger partial charge on any atom is 0.249 e. The van der Waals surface area contributed by atoms with Gasteiger partial charge >= 0.3 is 0 Å². The molecule has 0 aliphatic carbocycles. The van der Waals surface area contributed by atoms with Crippen molar-refractivity contribution < 1.29 is 0 Å². The van der Waals surface area contributed by atoms with Crippen LogP contribution in [0.5, 0.6) is 0 Å². The highest BCUT2D eigenvalue weighted by Gasteiger charge is 2.02. The number of benzene rings is 1. The van der Waals surface area contributed by atoms with Crippen LogP contribution in [-0.4, -0.2) is 20.2 Å². The van der Waals surface area contributed by atoms with Gasteiger partial charge in [-0.2, -0.15) is 10.1 Å². The molecule has 0 fully saturated rings. The zero-order valence-electron chi connectivity index (χ0n) is 12.9. The van der Waals surface area contributed by atoms with E-state index in [1.807, 2.05) is 24.3 Å². The number of aromatic nitrogens is 4. The van der Waals surface area contributed by atoms with Crippen LogP contribution in [0.15, 0.2) is 55.0 Å². The monoisotopic (exact) mass is 306 g/mol. The van der Waals surface area contributed by atoms with Crippen molar-refractivity contribution in [2.24, 2.45) is 0 Å². The second-order valence-corrected chi connectivity index (χ2v) is 5.05. The molecule has 0 saturated heterocycles. The third-order valence-corrected chi connectivity index (χ3v) is 3.40. The third-order valence-electron chi connectivity index (χ3n) is 3.40. The average Bonchev–Trinajstić information content (AvgIpc) is 2.62. The SMILES string of the molecule is CCc1ccc(Nc2nncc(NCc3ccncc3)n2)cc1. The van der Waals surface area contributed by atoms with Gasteiger partial charge in [0.05, 0.1) is 6.20 Å². The molecule has 23 heavy (non-hydrogen) atoms. The van der Waals surface area contributed by atoms with Crippen molar-refractivity contribution in [3.8, 4) is 0 Å². The molecule has 0 saturated carbocycles. The van der Waals surface area contributed by atoms with Gasteiger partial charge in [0, 0.05) is 24.6 Å². The Balaban J connectivity index is 1.64. The maximum absolute atomic E-state index is 4.41. The molecule has 1 aromatic carbocycles. The molecule has 0 unspecified atom stereocenters. The molecule has 6 nitrogen and oxygen atoms in total. The minimum atomic E-state index is 0.467. The predicted molar refractivity (Wildman–Crippen MR) is 90.5 cm³/mol. The molecule has 116 valence electrons. The van der Waals surface area contributed by atoms with Crippen LogP contribution in [0.3, 0.4) is 0 Å². The summed E-state index contributed by atoms with van der Waals surface area (Å²) in [7, 11) is 0. The highest BCUT2D eigenvalue weighted by atomic mass is 15.3. The number of hydrogen-bond donors (Lipinski definition) is 2. The van der Waals surface area contributed by atoms with Gasteiger partial charge in [-0.1, -0.05) is 19.1 Å². The van der Waals surface area contributed by atoms with E-state index in [0.717, 1.165) is 17.7 Å². The predicted octanol–water partition coefficient (Wildman–Crippen LogP) is 3.18. The lowest BCUT2D eigenvalue weighted by Crippen LogP contribution is -2.05. The Labute approximate surface area is 135 Å². The Morgan fingerprint density at radius 3 is 2.48 bits per heavy atom. The van der Waals surface area contributed by atoms with Crippen molar-refractivity contribution >= 4 is 17.5 Å². The summed E-state index contributed by atoms with van der Waals surface area (Å²) in [6.45, 7) is 2.79. The molecule has 0 radical (unpaired) electrons. The lowest BCUT2D eigenvalue weighted by molar-refractivity contribution is 0.965. The fourth-order valence-electron chi connectivity index (χ4n) is 2.09. The zero-order valence-corrected chi connectivity index (χ0v) is 12.9. The third kappa shape index (κ3) is 4.23. The van der Waals surface area contributed by atoms with Gasteiger partial charge in [0.25, 0.3) is 0 Å². The van der Waals surface area contributed by atoms with E-state index in [9.17, 15) is 0 Å². The summed E-state index contributed by atoms with van der Waals surface area (Å²) in [5.74, 6) is 1.14. The number of pyridine rings is 1. The Morgan fingerprint density at radius 1 is 0.957 bits per heavy atom. The number of nitrogens with zero attached hydrogens (tertiary/aromatic N) is 4. The van der Waals surface area contributed by atoms with E-state index in [-0.39, 0.29) is 0 Å². The van der Waals surface area contributed by atoms with Crippen LogP contribution < -0.4 is 10.6 Å². The Bertz CT molecular complexity index is 743. The molecule has 0 aliphatic heterocycles. The van der Waals surface area contributed by atoms with Crippen molar-refractivity contribution in [3.63, 3.8) is 0 Å². The Morgan fingerprint density at radius 2 is 1.74 bits per heavy atom. The summed E-state index contributed by atoms with van der Waals surface area (Å²) >= 11 is 0. The van der Waals surface area contributed by atoms with E-state index < -0.39 is 0 Å². The summed E-state index contributed by atoms with van der Waals surface area (Å²) < 4.78 is 0. The molecule has 0 atom stereocenters. The first-order valence-corrected chi connectivity index (χ1v) is 7.52. The number of anilines is 3. The van der Waals surface area contributed by atoms with Gasteiger partial charge in [0.2, 0.25) is 5.95 Å². The lowest BCUT2D eigenvalue weighted by atomic mass is 10.1. The van der Waals surface area contributed by atoms with Crippen molar-refractivity contribution in [2.45, 2.75) is 19.9 Å². The second kappa shape index (κ2) is 7.31. The summed E-state index contributed by atoms with van der Waals surface area (Å²) in [5, 5.41) is 14.4. The molecule has 2 heterocycles. The van der Waals surface area contributed by atoms with Gasteiger partial charge in [-0.15, -0.1) is 5.10 Å². The van der Waals surface area contributed by atoms with Crippen molar-refractivity contribution in [2.75, 3.05) is 10.6 Å². The zero-order chi connectivity index (χ0) is 15.9. The molecule has 2 N–H and O–H groups in total. The lowest BCUT2D eigenvalue weighted by Gasteiger charge is -2.08. The van der Waals surface area contributed by atoms with Crippen LogP contribution in [0.4, 0.5) is 17.5 Å². The van der Waals surface area contributed by atoms with Gasteiger partial charge in [0.1, 0.15) is 0 Å². The molecule has 0 bridgehead atoms. The quantitative estimate of drug-likeness (QED) is 0.728. The summed E-state index contributed by atoms with van der Waals surface area (Å²) in [5.41, 5.74) is 3.36. The molecular weight excluding hydrogens is 288 g/mol.